The van der Waals surface area contributed by atoms with Gasteiger partial charge in [-0.2, -0.15) is 0 Å². The van der Waals surface area contributed by atoms with Gasteiger partial charge < -0.3 is 10.0 Å². The quantitative estimate of drug-likeness (QED) is 0.796. The highest BCUT2D eigenvalue weighted by Gasteiger charge is 2.42. The van der Waals surface area contributed by atoms with E-state index >= 15 is 0 Å². The van der Waals surface area contributed by atoms with Crippen molar-refractivity contribution < 1.29 is 9.90 Å². The lowest BCUT2D eigenvalue weighted by Crippen LogP contribution is -2.60. The molecule has 1 atom stereocenters. The summed E-state index contributed by atoms with van der Waals surface area (Å²) in [6.07, 6.45) is 0.500. The SMILES string of the molecule is CN1CCN(C(=O)c2ccccc2)CC1(CCO)c1ccc(Cl)c(Cl)c1.Cl. The topological polar surface area (TPSA) is 43.8 Å². The predicted molar refractivity (Wildman–Crippen MR) is 112 cm³/mol. The average molecular weight is 430 g/mol. The number of likely N-dealkylation sites (N-methyl/N-ethyl adjacent to an activating group) is 1. The van der Waals surface area contributed by atoms with E-state index in [9.17, 15) is 9.90 Å². The lowest BCUT2D eigenvalue weighted by Gasteiger charge is -2.50. The molecule has 1 aliphatic rings. The van der Waals surface area contributed by atoms with Gasteiger partial charge in [0.25, 0.3) is 5.91 Å². The minimum absolute atomic E-state index is 0. The minimum atomic E-state index is -0.508. The van der Waals surface area contributed by atoms with Gasteiger partial charge in [-0.3, -0.25) is 9.69 Å². The van der Waals surface area contributed by atoms with E-state index in [1.165, 1.54) is 0 Å². The van der Waals surface area contributed by atoms with Crippen LogP contribution in [0.1, 0.15) is 22.3 Å². The lowest BCUT2D eigenvalue weighted by molar-refractivity contribution is -0.000579. The molecule has 1 amide bonds. The molecule has 1 saturated heterocycles. The number of rotatable bonds is 4. The van der Waals surface area contributed by atoms with E-state index in [0.29, 0.717) is 41.7 Å². The summed E-state index contributed by atoms with van der Waals surface area (Å²) in [5.74, 6) is 0.000996. The van der Waals surface area contributed by atoms with Crippen LogP contribution in [0.3, 0.4) is 0 Å². The molecule has 2 aromatic rings. The number of carbonyl (C=O) groups is 1. The van der Waals surface area contributed by atoms with Gasteiger partial charge in [0.1, 0.15) is 0 Å². The van der Waals surface area contributed by atoms with Crippen LogP contribution in [0, 0.1) is 0 Å². The number of carbonyl (C=O) groups excluding carboxylic acids is 1. The van der Waals surface area contributed by atoms with E-state index < -0.39 is 5.54 Å². The molecule has 0 radical (unpaired) electrons. The maximum absolute atomic E-state index is 12.9. The van der Waals surface area contributed by atoms with Crippen molar-refractivity contribution in [3.8, 4) is 0 Å². The highest BCUT2D eigenvalue weighted by molar-refractivity contribution is 6.42. The summed E-state index contributed by atoms with van der Waals surface area (Å²) < 4.78 is 0. The van der Waals surface area contributed by atoms with Crippen molar-refractivity contribution in [2.24, 2.45) is 0 Å². The van der Waals surface area contributed by atoms with Gasteiger partial charge in [-0.15, -0.1) is 12.4 Å². The largest absolute Gasteiger partial charge is 0.396 e. The number of hydrogen-bond donors (Lipinski definition) is 1. The first kappa shape index (κ1) is 22.0. The number of amides is 1. The Balaban J connectivity index is 0.00000261. The van der Waals surface area contributed by atoms with Crippen LogP contribution in [-0.4, -0.2) is 54.1 Å². The number of hydrogen-bond acceptors (Lipinski definition) is 3. The Labute approximate surface area is 176 Å². The second-order valence-electron chi connectivity index (χ2n) is 6.65. The Morgan fingerprint density at radius 2 is 1.81 bits per heavy atom. The Kier molecular flexibility index (Phi) is 7.55. The Hall–Kier alpha value is -1.30. The molecule has 27 heavy (non-hydrogen) atoms. The summed E-state index contributed by atoms with van der Waals surface area (Å²) in [5.41, 5.74) is 1.11. The number of aliphatic hydroxyl groups is 1. The molecule has 0 bridgehead atoms. The second kappa shape index (κ2) is 9.26. The zero-order chi connectivity index (χ0) is 18.7. The summed E-state index contributed by atoms with van der Waals surface area (Å²) in [7, 11) is 2.02. The zero-order valence-electron chi connectivity index (χ0n) is 15.1. The first-order valence-electron chi connectivity index (χ1n) is 8.60. The summed E-state index contributed by atoms with van der Waals surface area (Å²) >= 11 is 12.3. The molecule has 1 fully saturated rings. The van der Waals surface area contributed by atoms with E-state index in [1.54, 1.807) is 6.07 Å². The Morgan fingerprint density at radius 1 is 1.11 bits per heavy atom. The van der Waals surface area contributed by atoms with E-state index in [2.05, 4.69) is 4.90 Å². The van der Waals surface area contributed by atoms with Crippen molar-refractivity contribution in [2.45, 2.75) is 12.0 Å². The van der Waals surface area contributed by atoms with Crippen LogP contribution >= 0.6 is 35.6 Å². The molecule has 0 saturated carbocycles. The molecule has 1 unspecified atom stereocenters. The first-order chi connectivity index (χ1) is 12.5. The molecule has 1 N–H and O–H groups in total. The summed E-state index contributed by atoms with van der Waals surface area (Å²) in [4.78, 5) is 17.0. The molecule has 1 aliphatic heterocycles. The predicted octanol–water partition coefficient (Wildman–Crippen LogP) is 4.08. The third kappa shape index (κ3) is 4.41. The highest BCUT2D eigenvalue weighted by Crippen LogP contribution is 2.37. The van der Waals surface area contributed by atoms with Crippen molar-refractivity contribution in [3.05, 3.63) is 69.7 Å². The number of benzene rings is 2. The fourth-order valence-corrected chi connectivity index (χ4v) is 3.93. The van der Waals surface area contributed by atoms with Crippen LogP contribution in [0.15, 0.2) is 48.5 Å². The van der Waals surface area contributed by atoms with Crippen molar-refractivity contribution >= 4 is 41.5 Å². The molecular weight excluding hydrogens is 407 g/mol. The Bertz CT molecular complexity index is 788. The van der Waals surface area contributed by atoms with Gasteiger partial charge in [0, 0.05) is 31.8 Å². The molecule has 0 aliphatic carbocycles. The molecule has 3 rings (SSSR count). The van der Waals surface area contributed by atoms with Crippen molar-refractivity contribution in [1.82, 2.24) is 9.80 Å². The number of nitrogens with zero attached hydrogens (tertiary/aromatic N) is 2. The van der Waals surface area contributed by atoms with Gasteiger partial charge in [0.15, 0.2) is 0 Å². The highest BCUT2D eigenvalue weighted by atomic mass is 35.5. The first-order valence-corrected chi connectivity index (χ1v) is 9.35. The van der Waals surface area contributed by atoms with Crippen LogP contribution in [-0.2, 0) is 5.54 Å². The molecule has 1 heterocycles. The molecule has 4 nitrogen and oxygen atoms in total. The minimum Gasteiger partial charge on any atom is -0.396 e. The fraction of sp³-hybridized carbons (Fsp3) is 0.350. The number of halogens is 3. The molecule has 0 spiro atoms. The van der Waals surface area contributed by atoms with Crippen LogP contribution in [0.25, 0.3) is 0 Å². The fourth-order valence-electron chi connectivity index (χ4n) is 3.63. The summed E-state index contributed by atoms with van der Waals surface area (Å²) in [6, 6.07) is 14.8. The van der Waals surface area contributed by atoms with Crippen LogP contribution < -0.4 is 0 Å². The van der Waals surface area contributed by atoms with Crippen LogP contribution in [0.4, 0.5) is 0 Å². The number of piperazine rings is 1. The smallest absolute Gasteiger partial charge is 0.253 e. The average Bonchev–Trinajstić information content (AvgIpc) is 2.66. The molecule has 0 aromatic heterocycles. The van der Waals surface area contributed by atoms with E-state index in [1.807, 2.05) is 54.4 Å². The zero-order valence-corrected chi connectivity index (χ0v) is 17.4. The summed E-state index contributed by atoms with van der Waals surface area (Å²) in [6.45, 7) is 1.84. The normalized spacial score (nSPS) is 20.2. The van der Waals surface area contributed by atoms with Gasteiger partial charge in [-0.1, -0.05) is 47.5 Å². The Morgan fingerprint density at radius 3 is 2.44 bits per heavy atom. The van der Waals surface area contributed by atoms with Gasteiger partial charge >= 0.3 is 0 Å². The molecular formula is C20H23Cl3N2O2. The molecule has 2 aromatic carbocycles. The van der Waals surface area contributed by atoms with E-state index in [-0.39, 0.29) is 24.9 Å². The van der Waals surface area contributed by atoms with Crippen LogP contribution in [0.5, 0.6) is 0 Å². The lowest BCUT2D eigenvalue weighted by atomic mass is 9.83. The second-order valence-corrected chi connectivity index (χ2v) is 7.46. The van der Waals surface area contributed by atoms with E-state index in [4.69, 9.17) is 23.2 Å². The maximum atomic E-state index is 12.9. The maximum Gasteiger partial charge on any atom is 0.253 e. The third-order valence-electron chi connectivity index (χ3n) is 5.18. The number of aliphatic hydroxyl groups excluding tert-OH is 1. The standard InChI is InChI=1S/C20H22Cl2N2O2.ClH/c1-23-10-11-24(19(26)15-5-3-2-4-6-15)14-20(23,9-12-25)16-7-8-17(21)18(22)13-16;/h2-8,13,25H,9-12,14H2,1H3;1H. The molecule has 7 heteroatoms. The van der Waals surface area contributed by atoms with Crippen LogP contribution in [0.2, 0.25) is 10.0 Å². The van der Waals surface area contributed by atoms with E-state index in [0.717, 1.165) is 5.56 Å². The third-order valence-corrected chi connectivity index (χ3v) is 5.92. The van der Waals surface area contributed by atoms with Crippen molar-refractivity contribution in [1.29, 1.82) is 0 Å². The molecule has 146 valence electrons. The van der Waals surface area contributed by atoms with Gasteiger partial charge in [-0.05, 0) is 43.3 Å². The van der Waals surface area contributed by atoms with Crippen molar-refractivity contribution in [2.75, 3.05) is 33.3 Å². The monoisotopic (exact) mass is 428 g/mol. The van der Waals surface area contributed by atoms with Gasteiger partial charge in [0.05, 0.1) is 15.6 Å². The van der Waals surface area contributed by atoms with Gasteiger partial charge in [0.2, 0.25) is 0 Å². The summed E-state index contributed by atoms with van der Waals surface area (Å²) in [5, 5.41) is 10.7. The van der Waals surface area contributed by atoms with Crippen molar-refractivity contribution in [3.63, 3.8) is 0 Å². The van der Waals surface area contributed by atoms with Gasteiger partial charge in [-0.25, -0.2) is 0 Å².